The van der Waals surface area contributed by atoms with E-state index in [2.05, 4.69) is 5.43 Å². The number of benzene rings is 1. The number of carbonyl (C=O) groups excluding carboxylic acids is 2. The maximum Gasteiger partial charge on any atom is 0.428 e. The number of hydrogen-bond acceptors (Lipinski definition) is 3. The normalized spacial score (nSPS) is 20.6. The standard InChI is InChI=1S/C15H18N2O3/c1-11-6-5-7-12(10-11)13(18)17-15(20-14(19)16-17)8-3-2-4-9-15/h5-7,10H,2-4,8-9H2,1H3,(H,16,19). The Kier molecular flexibility index (Phi) is 3.12. The van der Waals surface area contributed by atoms with Gasteiger partial charge in [-0.15, -0.1) is 0 Å². The molecular formula is C15H18N2O3. The monoisotopic (exact) mass is 274 g/mol. The highest BCUT2D eigenvalue weighted by Crippen LogP contribution is 2.37. The van der Waals surface area contributed by atoms with E-state index in [-0.39, 0.29) is 5.91 Å². The molecule has 5 nitrogen and oxygen atoms in total. The van der Waals surface area contributed by atoms with E-state index in [1.54, 1.807) is 6.07 Å². The van der Waals surface area contributed by atoms with Crippen LogP contribution in [0.1, 0.15) is 48.0 Å². The molecule has 1 spiro atoms. The van der Waals surface area contributed by atoms with Gasteiger partial charge in [-0.05, 0) is 31.9 Å². The third kappa shape index (κ3) is 2.13. The Morgan fingerprint density at radius 1 is 1.30 bits per heavy atom. The highest BCUT2D eigenvalue weighted by Gasteiger charge is 2.50. The zero-order valence-corrected chi connectivity index (χ0v) is 11.5. The molecule has 0 atom stereocenters. The van der Waals surface area contributed by atoms with Crippen molar-refractivity contribution in [3.8, 4) is 0 Å². The van der Waals surface area contributed by atoms with Crippen LogP contribution in [0.5, 0.6) is 0 Å². The summed E-state index contributed by atoms with van der Waals surface area (Å²) in [6.45, 7) is 1.94. The van der Waals surface area contributed by atoms with Crippen LogP contribution in [-0.4, -0.2) is 22.7 Å². The van der Waals surface area contributed by atoms with Gasteiger partial charge in [0.25, 0.3) is 5.91 Å². The minimum absolute atomic E-state index is 0.207. The van der Waals surface area contributed by atoms with Crippen LogP contribution in [-0.2, 0) is 4.74 Å². The Labute approximate surface area is 117 Å². The smallest absolute Gasteiger partial charge is 0.420 e. The molecule has 0 radical (unpaired) electrons. The fourth-order valence-electron chi connectivity index (χ4n) is 3.01. The van der Waals surface area contributed by atoms with E-state index in [1.165, 1.54) is 5.01 Å². The summed E-state index contributed by atoms with van der Waals surface area (Å²) in [5, 5.41) is 1.39. The molecule has 1 heterocycles. The fourth-order valence-corrected chi connectivity index (χ4v) is 3.01. The van der Waals surface area contributed by atoms with E-state index in [4.69, 9.17) is 4.74 Å². The summed E-state index contributed by atoms with van der Waals surface area (Å²) in [4.78, 5) is 24.3. The third-order valence-corrected chi connectivity index (χ3v) is 4.00. The molecule has 0 unspecified atom stereocenters. The minimum atomic E-state index is -0.795. The quantitative estimate of drug-likeness (QED) is 0.856. The number of carbonyl (C=O) groups is 2. The van der Waals surface area contributed by atoms with Gasteiger partial charge in [-0.3, -0.25) is 4.79 Å². The van der Waals surface area contributed by atoms with Gasteiger partial charge in [0.05, 0.1) is 0 Å². The van der Waals surface area contributed by atoms with Crippen LogP contribution < -0.4 is 5.43 Å². The first-order valence-electron chi connectivity index (χ1n) is 7.02. The predicted octanol–water partition coefficient (Wildman–Crippen LogP) is 2.75. The molecule has 0 bridgehead atoms. The SMILES string of the molecule is Cc1cccc(C(=O)N2NC(=O)OC23CCCCC3)c1. The fraction of sp³-hybridized carbons (Fsp3) is 0.467. The Morgan fingerprint density at radius 3 is 2.75 bits per heavy atom. The molecule has 1 aromatic carbocycles. The largest absolute Gasteiger partial charge is 0.428 e. The molecule has 2 fully saturated rings. The van der Waals surface area contributed by atoms with Gasteiger partial charge in [-0.2, -0.15) is 0 Å². The number of rotatable bonds is 1. The second-order valence-electron chi connectivity index (χ2n) is 5.52. The van der Waals surface area contributed by atoms with Crippen molar-refractivity contribution in [1.29, 1.82) is 0 Å². The van der Waals surface area contributed by atoms with Crippen molar-refractivity contribution in [1.82, 2.24) is 10.4 Å². The summed E-state index contributed by atoms with van der Waals surface area (Å²) in [5.74, 6) is -0.207. The van der Waals surface area contributed by atoms with Crippen molar-refractivity contribution in [3.63, 3.8) is 0 Å². The van der Waals surface area contributed by atoms with Crippen LogP contribution in [0.4, 0.5) is 4.79 Å². The summed E-state index contributed by atoms with van der Waals surface area (Å²) in [5.41, 5.74) is 3.34. The minimum Gasteiger partial charge on any atom is -0.420 e. The summed E-state index contributed by atoms with van der Waals surface area (Å²) in [6, 6.07) is 7.36. The number of amides is 2. The number of aryl methyl sites for hydroxylation is 1. The van der Waals surface area contributed by atoms with Crippen molar-refractivity contribution in [2.24, 2.45) is 0 Å². The van der Waals surface area contributed by atoms with Gasteiger partial charge in [0.1, 0.15) is 0 Å². The molecule has 1 aliphatic heterocycles. The molecule has 3 rings (SSSR count). The lowest BCUT2D eigenvalue weighted by Crippen LogP contribution is -2.53. The molecule has 1 saturated heterocycles. The first-order chi connectivity index (χ1) is 9.61. The summed E-state index contributed by atoms with van der Waals surface area (Å²) in [6.07, 6.45) is 3.91. The lowest BCUT2D eigenvalue weighted by atomic mass is 9.91. The predicted molar refractivity (Wildman–Crippen MR) is 72.8 cm³/mol. The van der Waals surface area contributed by atoms with Crippen LogP contribution in [0.3, 0.4) is 0 Å². The molecule has 1 aromatic rings. The molecule has 20 heavy (non-hydrogen) atoms. The highest BCUT2D eigenvalue weighted by atomic mass is 16.6. The Bertz CT molecular complexity index is 550. The van der Waals surface area contributed by atoms with Gasteiger partial charge in [0, 0.05) is 18.4 Å². The zero-order valence-electron chi connectivity index (χ0n) is 11.5. The topological polar surface area (TPSA) is 58.6 Å². The van der Waals surface area contributed by atoms with Crippen molar-refractivity contribution in [2.75, 3.05) is 0 Å². The average molecular weight is 274 g/mol. The first kappa shape index (κ1) is 13.0. The molecule has 1 saturated carbocycles. The molecule has 106 valence electrons. The summed E-state index contributed by atoms with van der Waals surface area (Å²) < 4.78 is 5.43. The third-order valence-electron chi connectivity index (χ3n) is 4.00. The second kappa shape index (κ2) is 4.81. The van der Waals surface area contributed by atoms with Gasteiger partial charge in [-0.1, -0.05) is 24.1 Å². The van der Waals surface area contributed by atoms with Crippen molar-refractivity contribution >= 4 is 12.0 Å². The van der Waals surface area contributed by atoms with Gasteiger partial charge in [0.2, 0.25) is 5.72 Å². The number of nitrogens with zero attached hydrogens (tertiary/aromatic N) is 1. The number of hydrazine groups is 1. The van der Waals surface area contributed by atoms with Gasteiger partial charge in [-0.25, -0.2) is 15.2 Å². The molecular weight excluding hydrogens is 256 g/mol. The Balaban J connectivity index is 1.91. The highest BCUT2D eigenvalue weighted by molar-refractivity contribution is 5.96. The summed E-state index contributed by atoms with van der Waals surface area (Å²) in [7, 11) is 0. The van der Waals surface area contributed by atoms with Crippen LogP contribution in [0.15, 0.2) is 24.3 Å². The van der Waals surface area contributed by atoms with Crippen LogP contribution in [0.2, 0.25) is 0 Å². The zero-order chi connectivity index (χ0) is 14.2. The number of ether oxygens (including phenoxy) is 1. The first-order valence-corrected chi connectivity index (χ1v) is 7.02. The van der Waals surface area contributed by atoms with Gasteiger partial charge in [0.15, 0.2) is 0 Å². The maximum atomic E-state index is 12.6. The Hall–Kier alpha value is -2.04. The molecule has 2 amide bonds. The molecule has 5 heteroatoms. The van der Waals surface area contributed by atoms with Crippen LogP contribution >= 0.6 is 0 Å². The van der Waals surface area contributed by atoms with E-state index < -0.39 is 11.8 Å². The number of hydrogen-bond donors (Lipinski definition) is 1. The lowest BCUT2D eigenvalue weighted by molar-refractivity contribution is -0.0751. The van der Waals surface area contributed by atoms with Gasteiger partial charge >= 0.3 is 6.09 Å². The second-order valence-corrected chi connectivity index (χ2v) is 5.52. The van der Waals surface area contributed by atoms with Crippen LogP contribution in [0, 0.1) is 6.92 Å². The summed E-state index contributed by atoms with van der Waals surface area (Å²) >= 11 is 0. The van der Waals surface area contributed by atoms with E-state index in [9.17, 15) is 9.59 Å². The van der Waals surface area contributed by atoms with Crippen molar-refractivity contribution in [3.05, 3.63) is 35.4 Å². The van der Waals surface area contributed by atoms with E-state index in [1.807, 2.05) is 25.1 Å². The molecule has 1 N–H and O–H groups in total. The van der Waals surface area contributed by atoms with E-state index in [0.717, 1.165) is 24.8 Å². The van der Waals surface area contributed by atoms with E-state index in [0.29, 0.717) is 18.4 Å². The van der Waals surface area contributed by atoms with E-state index >= 15 is 0 Å². The maximum absolute atomic E-state index is 12.6. The molecule has 0 aromatic heterocycles. The van der Waals surface area contributed by atoms with Crippen molar-refractivity contribution < 1.29 is 14.3 Å². The van der Waals surface area contributed by atoms with Crippen molar-refractivity contribution in [2.45, 2.75) is 44.8 Å². The Morgan fingerprint density at radius 2 is 2.05 bits per heavy atom. The average Bonchev–Trinajstić information content (AvgIpc) is 2.75. The molecule has 1 aliphatic carbocycles. The molecule has 2 aliphatic rings. The lowest BCUT2D eigenvalue weighted by Gasteiger charge is -2.37. The van der Waals surface area contributed by atoms with Gasteiger partial charge < -0.3 is 4.74 Å². The number of nitrogens with one attached hydrogen (secondary N) is 1. The van der Waals surface area contributed by atoms with Crippen LogP contribution in [0.25, 0.3) is 0 Å².